The minimum absolute atomic E-state index is 0.200. The normalized spacial score (nSPS) is 19.1. The number of nitrogens with zero attached hydrogens (tertiary/aromatic N) is 4. The number of hydrogen-bond acceptors (Lipinski definition) is 6. The summed E-state index contributed by atoms with van der Waals surface area (Å²) in [6, 6.07) is 4.48. The van der Waals surface area contributed by atoms with Gasteiger partial charge in [0.1, 0.15) is 11.9 Å². The largest absolute Gasteiger partial charge is 0.391 e. The Morgan fingerprint density at radius 1 is 1.65 bits per heavy atom. The second-order valence-corrected chi connectivity index (χ2v) is 3.79. The highest BCUT2D eigenvalue weighted by Gasteiger charge is 2.23. The van der Waals surface area contributed by atoms with Gasteiger partial charge in [-0.15, -0.1) is 0 Å². The fourth-order valence-electron chi connectivity index (χ4n) is 1.80. The van der Waals surface area contributed by atoms with Gasteiger partial charge in [0.25, 0.3) is 0 Å². The van der Waals surface area contributed by atoms with Crippen LogP contribution in [0.3, 0.4) is 0 Å². The third kappa shape index (κ3) is 2.16. The quantitative estimate of drug-likeness (QED) is 0.588. The van der Waals surface area contributed by atoms with Gasteiger partial charge in [0.2, 0.25) is 5.69 Å². The van der Waals surface area contributed by atoms with Crippen molar-refractivity contribution in [2.24, 2.45) is 0 Å². The molecule has 1 aliphatic heterocycles. The van der Waals surface area contributed by atoms with Gasteiger partial charge >= 0.3 is 5.69 Å². The Morgan fingerprint density at radius 3 is 2.94 bits per heavy atom. The lowest BCUT2D eigenvalue weighted by atomic mass is 10.3. The fraction of sp³-hybridized carbons (Fsp3) is 0.400. The molecule has 2 heterocycles. The van der Waals surface area contributed by atoms with Crippen LogP contribution >= 0.6 is 0 Å². The number of rotatable bonds is 2. The lowest BCUT2D eigenvalue weighted by Gasteiger charge is -2.16. The molecule has 1 aliphatic rings. The number of hydrogen-bond donors (Lipinski definition) is 1. The predicted octanol–water partition coefficient (Wildman–Crippen LogP) is 0.432. The zero-order valence-corrected chi connectivity index (χ0v) is 8.91. The molecule has 88 valence electrons. The molecule has 1 fully saturated rings. The third-order valence-electron chi connectivity index (χ3n) is 2.65. The number of aliphatic hydroxyl groups is 1. The number of β-amino-alcohol motifs (C(OH)–C–C–N with tert-alkyl or cyclic N) is 1. The van der Waals surface area contributed by atoms with Crippen LogP contribution in [0.2, 0.25) is 0 Å². The van der Waals surface area contributed by atoms with E-state index in [1.165, 1.54) is 12.1 Å². The maximum atomic E-state index is 10.6. The molecule has 0 spiro atoms. The molecule has 0 aliphatic carbocycles. The van der Waals surface area contributed by atoms with Gasteiger partial charge in [0, 0.05) is 19.2 Å². The molecule has 1 atom stereocenters. The van der Waals surface area contributed by atoms with E-state index in [0.29, 0.717) is 25.3 Å². The minimum Gasteiger partial charge on any atom is -0.391 e. The molecule has 1 aromatic heterocycles. The summed E-state index contributed by atoms with van der Waals surface area (Å²) in [5, 5.41) is 28.8. The van der Waals surface area contributed by atoms with Crippen molar-refractivity contribution in [2.75, 3.05) is 18.0 Å². The first-order valence-electron chi connectivity index (χ1n) is 5.10. The summed E-state index contributed by atoms with van der Waals surface area (Å²) in [4.78, 5) is 15.7. The summed E-state index contributed by atoms with van der Waals surface area (Å²) in [6.45, 7) is 1.08. The van der Waals surface area contributed by atoms with E-state index in [1.54, 1.807) is 11.0 Å². The summed E-state index contributed by atoms with van der Waals surface area (Å²) < 4.78 is 0. The monoisotopic (exact) mass is 234 g/mol. The Bertz CT molecular complexity index is 497. The van der Waals surface area contributed by atoms with Crippen LogP contribution in [-0.2, 0) is 0 Å². The Morgan fingerprint density at radius 2 is 2.41 bits per heavy atom. The van der Waals surface area contributed by atoms with Gasteiger partial charge in [0.15, 0.2) is 0 Å². The van der Waals surface area contributed by atoms with Crippen LogP contribution < -0.4 is 4.90 Å². The van der Waals surface area contributed by atoms with Gasteiger partial charge in [-0.05, 0) is 12.5 Å². The Hall–Kier alpha value is -2.20. The van der Waals surface area contributed by atoms with Crippen LogP contribution in [0, 0.1) is 21.4 Å². The van der Waals surface area contributed by atoms with E-state index in [1.807, 2.05) is 0 Å². The first kappa shape index (κ1) is 11.3. The van der Waals surface area contributed by atoms with Gasteiger partial charge in [-0.2, -0.15) is 5.26 Å². The average Bonchev–Trinajstić information content (AvgIpc) is 2.75. The molecule has 0 bridgehead atoms. The van der Waals surface area contributed by atoms with Crippen molar-refractivity contribution in [2.45, 2.75) is 12.5 Å². The van der Waals surface area contributed by atoms with Gasteiger partial charge < -0.3 is 10.0 Å². The molecule has 7 nitrogen and oxygen atoms in total. The van der Waals surface area contributed by atoms with Gasteiger partial charge in [-0.25, -0.2) is 4.98 Å². The van der Waals surface area contributed by atoms with Crippen LogP contribution in [-0.4, -0.2) is 34.2 Å². The highest BCUT2D eigenvalue weighted by atomic mass is 16.6. The SMILES string of the molecule is N#Cc1nc(N2CC[C@H](O)C2)ccc1[N+](=O)[O-]. The second kappa shape index (κ2) is 4.35. The van der Waals surface area contributed by atoms with Crippen LogP contribution in [0.5, 0.6) is 0 Å². The molecule has 0 aromatic carbocycles. The van der Waals surface area contributed by atoms with E-state index in [0.717, 1.165) is 0 Å². The number of anilines is 1. The number of aliphatic hydroxyl groups excluding tert-OH is 1. The van der Waals surface area contributed by atoms with E-state index in [4.69, 9.17) is 5.26 Å². The molecule has 1 aromatic rings. The van der Waals surface area contributed by atoms with Crippen molar-refractivity contribution in [3.63, 3.8) is 0 Å². The van der Waals surface area contributed by atoms with E-state index < -0.39 is 11.0 Å². The molecule has 7 heteroatoms. The zero-order chi connectivity index (χ0) is 12.4. The summed E-state index contributed by atoms with van der Waals surface area (Å²) in [5.41, 5.74) is -0.495. The van der Waals surface area contributed by atoms with Crippen LogP contribution in [0.25, 0.3) is 0 Å². The highest BCUT2D eigenvalue weighted by molar-refractivity contribution is 5.52. The Labute approximate surface area is 97.1 Å². The molecular formula is C10H10N4O3. The Kier molecular flexibility index (Phi) is 2.89. The third-order valence-corrected chi connectivity index (χ3v) is 2.65. The first-order valence-corrected chi connectivity index (χ1v) is 5.10. The van der Waals surface area contributed by atoms with Gasteiger partial charge in [-0.3, -0.25) is 10.1 Å². The molecule has 2 rings (SSSR count). The second-order valence-electron chi connectivity index (χ2n) is 3.79. The van der Waals surface area contributed by atoms with Crippen molar-refractivity contribution in [1.29, 1.82) is 5.26 Å². The summed E-state index contributed by atoms with van der Waals surface area (Å²) in [5.74, 6) is 0.490. The van der Waals surface area contributed by atoms with Crippen molar-refractivity contribution < 1.29 is 10.0 Å². The number of nitriles is 1. The highest BCUT2D eigenvalue weighted by Crippen LogP contribution is 2.23. The average molecular weight is 234 g/mol. The zero-order valence-electron chi connectivity index (χ0n) is 8.91. The van der Waals surface area contributed by atoms with E-state index in [9.17, 15) is 15.2 Å². The van der Waals surface area contributed by atoms with Crippen molar-refractivity contribution in [1.82, 2.24) is 4.98 Å². The van der Waals surface area contributed by atoms with Crippen LogP contribution in [0.15, 0.2) is 12.1 Å². The standard InChI is InChI=1S/C10H10N4O3/c11-5-8-9(14(16)17)1-2-10(12-8)13-4-3-7(15)6-13/h1-2,7,15H,3-4,6H2/t7-/m0/s1. The van der Waals surface area contributed by atoms with E-state index in [-0.39, 0.29) is 11.4 Å². The van der Waals surface area contributed by atoms with Crippen molar-refractivity contribution >= 4 is 11.5 Å². The van der Waals surface area contributed by atoms with Crippen LogP contribution in [0.1, 0.15) is 12.1 Å². The smallest absolute Gasteiger partial charge is 0.305 e. The molecule has 1 N–H and O–H groups in total. The van der Waals surface area contributed by atoms with Gasteiger partial charge in [0.05, 0.1) is 11.0 Å². The Balaban J connectivity index is 2.32. The van der Waals surface area contributed by atoms with Crippen molar-refractivity contribution in [3.8, 4) is 6.07 Å². The summed E-state index contributed by atoms with van der Waals surface area (Å²) >= 11 is 0. The molecule has 0 unspecified atom stereocenters. The minimum atomic E-state index is -0.631. The molecule has 0 amide bonds. The van der Waals surface area contributed by atoms with E-state index in [2.05, 4.69) is 4.98 Å². The molecule has 0 radical (unpaired) electrons. The summed E-state index contributed by atoms with van der Waals surface area (Å²) in [7, 11) is 0. The maximum Gasteiger partial charge on any atom is 0.305 e. The van der Waals surface area contributed by atoms with E-state index >= 15 is 0 Å². The predicted molar refractivity (Wildman–Crippen MR) is 58.4 cm³/mol. The first-order chi connectivity index (χ1) is 8.11. The summed E-state index contributed by atoms with van der Waals surface area (Å²) in [6.07, 6.45) is 0.234. The molecule has 17 heavy (non-hydrogen) atoms. The van der Waals surface area contributed by atoms with Gasteiger partial charge in [-0.1, -0.05) is 0 Å². The molecule has 0 saturated carbocycles. The topological polar surface area (TPSA) is 103 Å². The number of pyridine rings is 1. The van der Waals surface area contributed by atoms with Crippen molar-refractivity contribution in [3.05, 3.63) is 27.9 Å². The molecule has 1 saturated heterocycles. The fourth-order valence-corrected chi connectivity index (χ4v) is 1.80. The number of aromatic nitrogens is 1. The molecular weight excluding hydrogens is 224 g/mol. The number of nitro groups is 1. The van der Waals surface area contributed by atoms with Crippen LogP contribution in [0.4, 0.5) is 11.5 Å². The maximum absolute atomic E-state index is 10.6. The lowest BCUT2D eigenvalue weighted by Crippen LogP contribution is -2.22. The lowest BCUT2D eigenvalue weighted by molar-refractivity contribution is -0.385.